The molecular weight excluding hydrogens is 206 g/mol. The monoisotopic (exact) mass is 223 g/mol. The molecule has 1 aliphatic rings. The smallest absolute Gasteiger partial charge is 0.126 e. The van der Waals surface area contributed by atoms with Gasteiger partial charge in [0.1, 0.15) is 11.5 Å². The molecule has 1 aliphatic carbocycles. The topological polar surface area (TPSA) is 53.7 Å². The molecule has 1 aromatic carbocycles. The van der Waals surface area contributed by atoms with Crippen LogP contribution >= 0.6 is 0 Å². The van der Waals surface area contributed by atoms with Crippen LogP contribution in [0.15, 0.2) is 18.2 Å². The molecule has 2 N–H and O–H groups in total. The number of benzene rings is 1. The van der Waals surface area contributed by atoms with Crippen molar-refractivity contribution < 1.29 is 14.3 Å². The second-order valence-corrected chi connectivity index (χ2v) is 4.13. The molecule has 0 aromatic heterocycles. The molecule has 0 atom stereocenters. The summed E-state index contributed by atoms with van der Waals surface area (Å²) in [6, 6.07) is 5.80. The molecule has 0 amide bonds. The van der Waals surface area contributed by atoms with E-state index in [-0.39, 0.29) is 5.41 Å². The summed E-state index contributed by atoms with van der Waals surface area (Å²) < 4.78 is 10.8. The molecule has 4 heteroatoms. The van der Waals surface area contributed by atoms with Gasteiger partial charge in [0.05, 0.1) is 20.8 Å². The Hall–Kier alpha value is -1.26. The van der Waals surface area contributed by atoms with Crippen molar-refractivity contribution >= 4 is 0 Å². The third kappa shape index (κ3) is 1.74. The van der Waals surface area contributed by atoms with Gasteiger partial charge in [0, 0.05) is 11.0 Å². The molecule has 0 spiro atoms. The molecule has 0 heterocycles. The highest BCUT2D eigenvalue weighted by atomic mass is 16.6. The van der Waals surface area contributed by atoms with Crippen LogP contribution < -0.4 is 15.4 Å². The van der Waals surface area contributed by atoms with Crippen molar-refractivity contribution in [2.45, 2.75) is 18.3 Å². The van der Waals surface area contributed by atoms with Gasteiger partial charge in [-0.3, -0.25) is 0 Å². The van der Waals surface area contributed by atoms with Crippen molar-refractivity contribution in [1.29, 1.82) is 0 Å². The summed E-state index contributed by atoms with van der Waals surface area (Å²) in [6.45, 7) is 0.504. The van der Waals surface area contributed by atoms with Crippen LogP contribution in [0, 0.1) is 0 Å². The van der Waals surface area contributed by atoms with Gasteiger partial charge in [-0.25, -0.2) is 5.90 Å². The fourth-order valence-electron chi connectivity index (χ4n) is 2.15. The van der Waals surface area contributed by atoms with Gasteiger partial charge in [-0.2, -0.15) is 0 Å². The average molecular weight is 223 g/mol. The van der Waals surface area contributed by atoms with E-state index in [9.17, 15) is 0 Å². The first-order chi connectivity index (χ1) is 7.77. The van der Waals surface area contributed by atoms with E-state index in [0.29, 0.717) is 6.61 Å². The summed E-state index contributed by atoms with van der Waals surface area (Å²) in [5, 5.41) is 0. The SMILES string of the molecule is COc1cccc(OC)c1C1(CON)CC1. The van der Waals surface area contributed by atoms with Crippen LogP contribution in [-0.2, 0) is 10.3 Å². The first-order valence-corrected chi connectivity index (χ1v) is 5.30. The number of ether oxygens (including phenoxy) is 2. The van der Waals surface area contributed by atoms with Gasteiger partial charge in [-0.1, -0.05) is 6.07 Å². The molecular formula is C12H17NO3. The summed E-state index contributed by atoms with van der Waals surface area (Å²) in [5.74, 6) is 6.88. The molecule has 1 fully saturated rings. The van der Waals surface area contributed by atoms with Crippen molar-refractivity contribution in [3.05, 3.63) is 23.8 Å². The van der Waals surface area contributed by atoms with Gasteiger partial charge in [0.2, 0.25) is 0 Å². The van der Waals surface area contributed by atoms with Crippen molar-refractivity contribution in [3.8, 4) is 11.5 Å². The van der Waals surface area contributed by atoms with Crippen molar-refractivity contribution in [2.24, 2.45) is 5.90 Å². The normalized spacial score (nSPS) is 16.9. The average Bonchev–Trinajstić information content (AvgIpc) is 3.09. The van der Waals surface area contributed by atoms with E-state index in [1.54, 1.807) is 14.2 Å². The Kier molecular flexibility index (Phi) is 3.03. The molecule has 2 rings (SSSR count). The van der Waals surface area contributed by atoms with Crippen LogP contribution in [0.1, 0.15) is 18.4 Å². The Balaban J connectivity index is 2.44. The van der Waals surface area contributed by atoms with Gasteiger partial charge in [0.25, 0.3) is 0 Å². The molecule has 0 radical (unpaired) electrons. The van der Waals surface area contributed by atoms with E-state index in [4.69, 9.17) is 20.2 Å². The number of nitrogens with two attached hydrogens (primary N) is 1. The van der Waals surface area contributed by atoms with Crippen molar-refractivity contribution in [1.82, 2.24) is 0 Å². The van der Waals surface area contributed by atoms with Crippen LogP contribution in [0.3, 0.4) is 0 Å². The van der Waals surface area contributed by atoms with E-state index >= 15 is 0 Å². The van der Waals surface area contributed by atoms with Crippen LogP contribution in [0.5, 0.6) is 11.5 Å². The fraction of sp³-hybridized carbons (Fsp3) is 0.500. The molecule has 1 saturated carbocycles. The summed E-state index contributed by atoms with van der Waals surface area (Å²) in [6.07, 6.45) is 2.11. The summed E-state index contributed by atoms with van der Waals surface area (Å²) in [5.41, 5.74) is 1.05. The zero-order valence-electron chi connectivity index (χ0n) is 9.66. The molecule has 16 heavy (non-hydrogen) atoms. The minimum absolute atomic E-state index is 0.0211. The lowest BCUT2D eigenvalue weighted by Crippen LogP contribution is -2.19. The maximum Gasteiger partial charge on any atom is 0.126 e. The Morgan fingerprint density at radius 2 is 1.75 bits per heavy atom. The van der Waals surface area contributed by atoms with Gasteiger partial charge >= 0.3 is 0 Å². The quantitative estimate of drug-likeness (QED) is 0.771. The van der Waals surface area contributed by atoms with Crippen molar-refractivity contribution in [2.75, 3.05) is 20.8 Å². The number of methoxy groups -OCH3 is 2. The highest BCUT2D eigenvalue weighted by Gasteiger charge is 2.48. The first kappa shape index (κ1) is 11.2. The highest BCUT2D eigenvalue weighted by Crippen LogP contribution is 2.54. The molecule has 0 aliphatic heterocycles. The van der Waals surface area contributed by atoms with Crippen LogP contribution in [0.2, 0.25) is 0 Å². The summed E-state index contributed by atoms with van der Waals surface area (Å²) in [7, 11) is 3.33. The molecule has 0 bridgehead atoms. The van der Waals surface area contributed by atoms with E-state index in [1.165, 1.54) is 0 Å². The Bertz CT molecular complexity index is 352. The molecule has 4 nitrogen and oxygen atoms in total. The molecule has 0 saturated heterocycles. The zero-order valence-corrected chi connectivity index (χ0v) is 9.66. The standard InChI is InChI=1S/C12H17NO3/c1-14-9-4-3-5-10(15-2)11(9)12(6-7-12)8-16-13/h3-5H,6-8,13H2,1-2H3. The lowest BCUT2D eigenvalue weighted by molar-refractivity contribution is 0.114. The predicted octanol–water partition coefficient (Wildman–Crippen LogP) is 1.63. The summed E-state index contributed by atoms with van der Waals surface area (Å²) >= 11 is 0. The van der Waals surface area contributed by atoms with Crippen LogP contribution in [-0.4, -0.2) is 20.8 Å². The zero-order chi connectivity index (χ0) is 11.6. The third-order valence-corrected chi connectivity index (χ3v) is 3.17. The Morgan fingerprint density at radius 3 is 2.12 bits per heavy atom. The lowest BCUT2D eigenvalue weighted by atomic mass is 9.95. The maximum absolute atomic E-state index is 5.38. The Morgan fingerprint density at radius 1 is 1.19 bits per heavy atom. The largest absolute Gasteiger partial charge is 0.496 e. The molecule has 1 aromatic rings. The summed E-state index contributed by atoms with van der Waals surface area (Å²) in [4.78, 5) is 4.81. The minimum atomic E-state index is -0.0211. The van der Waals surface area contributed by atoms with Gasteiger partial charge < -0.3 is 14.3 Å². The van der Waals surface area contributed by atoms with E-state index in [1.807, 2.05) is 18.2 Å². The third-order valence-electron chi connectivity index (χ3n) is 3.17. The predicted molar refractivity (Wildman–Crippen MR) is 60.6 cm³/mol. The Labute approximate surface area is 95.2 Å². The minimum Gasteiger partial charge on any atom is -0.496 e. The number of hydrogen-bond donors (Lipinski definition) is 1. The second-order valence-electron chi connectivity index (χ2n) is 4.13. The van der Waals surface area contributed by atoms with E-state index < -0.39 is 0 Å². The first-order valence-electron chi connectivity index (χ1n) is 5.30. The molecule has 88 valence electrons. The van der Waals surface area contributed by atoms with Crippen molar-refractivity contribution in [3.63, 3.8) is 0 Å². The fourth-order valence-corrected chi connectivity index (χ4v) is 2.15. The molecule has 0 unspecified atom stereocenters. The highest BCUT2D eigenvalue weighted by molar-refractivity contribution is 5.52. The van der Waals surface area contributed by atoms with Gasteiger partial charge in [0.15, 0.2) is 0 Å². The number of rotatable bonds is 5. The maximum atomic E-state index is 5.38. The van der Waals surface area contributed by atoms with Gasteiger partial charge in [-0.05, 0) is 25.0 Å². The number of hydrogen-bond acceptors (Lipinski definition) is 4. The van der Waals surface area contributed by atoms with Crippen LogP contribution in [0.4, 0.5) is 0 Å². The second kappa shape index (κ2) is 4.31. The van der Waals surface area contributed by atoms with Gasteiger partial charge in [-0.15, -0.1) is 0 Å². The van der Waals surface area contributed by atoms with E-state index in [0.717, 1.165) is 29.9 Å². The van der Waals surface area contributed by atoms with Crippen LogP contribution in [0.25, 0.3) is 0 Å². The van der Waals surface area contributed by atoms with E-state index in [2.05, 4.69) is 0 Å². The lowest BCUT2D eigenvalue weighted by Gasteiger charge is -2.20.